The summed E-state index contributed by atoms with van der Waals surface area (Å²) in [6.07, 6.45) is 2.83. The summed E-state index contributed by atoms with van der Waals surface area (Å²) in [4.78, 5) is 16.9. The zero-order valence-electron chi connectivity index (χ0n) is 14.9. The van der Waals surface area contributed by atoms with Crippen molar-refractivity contribution < 1.29 is 9.18 Å². The second kappa shape index (κ2) is 7.91. The van der Waals surface area contributed by atoms with Crippen molar-refractivity contribution in [2.45, 2.75) is 26.3 Å². The van der Waals surface area contributed by atoms with Crippen LogP contribution in [-0.4, -0.2) is 10.9 Å². The third kappa shape index (κ3) is 4.14. The number of aryl methyl sites for hydroxylation is 1. The number of nitrogens with one attached hydrogen (secondary N) is 1. The number of nitrogens with zero attached hydrogens (tertiary/aromatic N) is 1. The van der Waals surface area contributed by atoms with Crippen molar-refractivity contribution in [1.29, 1.82) is 0 Å². The predicted molar refractivity (Wildman–Crippen MR) is 101 cm³/mol. The Morgan fingerprint density at radius 3 is 2.31 bits per heavy atom. The van der Waals surface area contributed by atoms with Crippen LogP contribution in [0.15, 0.2) is 66.9 Å². The van der Waals surface area contributed by atoms with Crippen LogP contribution in [0, 0.1) is 5.82 Å². The molecule has 1 atom stereocenters. The van der Waals surface area contributed by atoms with Gasteiger partial charge in [-0.1, -0.05) is 37.3 Å². The SMILES string of the molecule is CCc1ccc(-c2ccc(C(=O)NC(C)c3ccc(F)cc3)cc2)nc1. The molecular weight excluding hydrogens is 327 g/mol. The molecule has 0 saturated heterocycles. The van der Waals surface area contributed by atoms with Crippen molar-refractivity contribution in [3.63, 3.8) is 0 Å². The minimum absolute atomic E-state index is 0.164. The van der Waals surface area contributed by atoms with Gasteiger partial charge in [0.15, 0.2) is 0 Å². The number of aromatic nitrogens is 1. The number of halogens is 1. The first-order chi connectivity index (χ1) is 12.6. The van der Waals surface area contributed by atoms with E-state index >= 15 is 0 Å². The number of hydrogen-bond acceptors (Lipinski definition) is 2. The van der Waals surface area contributed by atoms with Gasteiger partial charge in [0, 0.05) is 17.3 Å². The molecule has 1 unspecified atom stereocenters. The molecule has 132 valence electrons. The number of amides is 1. The normalized spacial score (nSPS) is 11.8. The third-order valence-corrected chi connectivity index (χ3v) is 4.39. The molecule has 3 aromatic rings. The molecule has 26 heavy (non-hydrogen) atoms. The van der Waals surface area contributed by atoms with Crippen molar-refractivity contribution in [3.8, 4) is 11.3 Å². The Hall–Kier alpha value is -3.01. The molecule has 0 fully saturated rings. The molecule has 0 spiro atoms. The third-order valence-electron chi connectivity index (χ3n) is 4.39. The topological polar surface area (TPSA) is 42.0 Å². The highest BCUT2D eigenvalue weighted by Gasteiger charge is 2.12. The fourth-order valence-corrected chi connectivity index (χ4v) is 2.71. The molecular formula is C22H21FN2O. The molecule has 0 aliphatic heterocycles. The molecule has 0 radical (unpaired) electrons. The monoisotopic (exact) mass is 348 g/mol. The first-order valence-corrected chi connectivity index (χ1v) is 8.68. The van der Waals surface area contributed by atoms with Crippen molar-refractivity contribution in [2.24, 2.45) is 0 Å². The second-order valence-corrected chi connectivity index (χ2v) is 6.23. The van der Waals surface area contributed by atoms with E-state index in [9.17, 15) is 9.18 Å². The molecule has 1 heterocycles. The number of hydrogen-bond donors (Lipinski definition) is 1. The molecule has 0 saturated carbocycles. The predicted octanol–water partition coefficient (Wildman–Crippen LogP) is 4.94. The van der Waals surface area contributed by atoms with Gasteiger partial charge in [0.05, 0.1) is 11.7 Å². The largest absolute Gasteiger partial charge is 0.346 e. The van der Waals surface area contributed by atoms with Crippen LogP contribution in [0.25, 0.3) is 11.3 Å². The van der Waals surface area contributed by atoms with E-state index in [0.29, 0.717) is 5.56 Å². The fraction of sp³-hybridized carbons (Fsp3) is 0.182. The van der Waals surface area contributed by atoms with E-state index in [1.807, 2.05) is 31.3 Å². The zero-order chi connectivity index (χ0) is 18.5. The molecule has 1 aromatic heterocycles. The number of carbonyl (C=O) groups excluding carboxylic acids is 1. The summed E-state index contributed by atoms with van der Waals surface area (Å²) in [6, 6.07) is 17.4. The zero-order valence-corrected chi connectivity index (χ0v) is 14.9. The van der Waals surface area contributed by atoms with Crippen molar-refractivity contribution in [3.05, 3.63) is 89.4 Å². The van der Waals surface area contributed by atoms with Gasteiger partial charge >= 0.3 is 0 Å². The van der Waals surface area contributed by atoms with Crippen molar-refractivity contribution in [1.82, 2.24) is 10.3 Å². The van der Waals surface area contributed by atoms with Gasteiger partial charge in [0.1, 0.15) is 5.82 Å². The van der Waals surface area contributed by atoms with Crippen LogP contribution < -0.4 is 5.32 Å². The number of carbonyl (C=O) groups is 1. The highest BCUT2D eigenvalue weighted by molar-refractivity contribution is 5.94. The average molecular weight is 348 g/mol. The Morgan fingerprint density at radius 2 is 1.73 bits per heavy atom. The van der Waals surface area contributed by atoms with Crippen LogP contribution >= 0.6 is 0 Å². The van der Waals surface area contributed by atoms with Crippen LogP contribution in [0.4, 0.5) is 4.39 Å². The summed E-state index contributed by atoms with van der Waals surface area (Å²) in [6.45, 7) is 3.97. The maximum absolute atomic E-state index is 13.0. The molecule has 1 amide bonds. The van der Waals surface area contributed by atoms with E-state index in [1.54, 1.807) is 24.3 Å². The molecule has 0 aliphatic carbocycles. The first-order valence-electron chi connectivity index (χ1n) is 8.68. The van der Waals surface area contributed by atoms with Crippen LogP contribution in [-0.2, 0) is 6.42 Å². The number of rotatable bonds is 5. The van der Waals surface area contributed by atoms with Crippen LogP contribution in [0.2, 0.25) is 0 Å². The van der Waals surface area contributed by atoms with Gasteiger partial charge in [-0.25, -0.2) is 4.39 Å². The summed E-state index contributed by atoms with van der Waals surface area (Å²) in [5.74, 6) is -0.453. The summed E-state index contributed by atoms with van der Waals surface area (Å²) in [5.41, 5.74) is 4.48. The summed E-state index contributed by atoms with van der Waals surface area (Å²) >= 11 is 0. The van der Waals surface area contributed by atoms with Gasteiger partial charge in [-0.2, -0.15) is 0 Å². The lowest BCUT2D eigenvalue weighted by atomic mass is 10.1. The molecule has 0 bridgehead atoms. The lowest BCUT2D eigenvalue weighted by Crippen LogP contribution is -2.26. The maximum atomic E-state index is 13.0. The second-order valence-electron chi connectivity index (χ2n) is 6.23. The van der Waals surface area contributed by atoms with Gasteiger partial charge in [-0.05, 0) is 54.8 Å². The van der Waals surface area contributed by atoms with E-state index in [-0.39, 0.29) is 17.8 Å². The van der Waals surface area contributed by atoms with Gasteiger partial charge in [-0.3, -0.25) is 9.78 Å². The lowest BCUT2D eigenvalue weighted by molar-refractivity contribution is 0.0940. The molecule has 2 aromatic carbocycles. The molecule has 3 rings (SSSR count). The quantitative estimate of drug-likeness (QED) is 0.709. The van der Waals surface area contributed by atoms with E-state index in [1.165, 1.54) is 17.7 Å². The summed E-state index contributed by atoms with van der Waals surface area (Å²) in [5, 5.41) is 2.93. The summed E-state index contributed by atoms with van der Waals surface area (Å²) < 4.78 is 13.0. The van der Waals surface area contributed by atoms with E-state index in [0.717, 1.165) is 23.2 Å². The van der Waals surface area contributed by atoms with E-state index in [2.05, 4.69) is 23.3 Å². The minimum Gasteiger partial charge on any atom is -0.346 e. The number of benzene rings is 2. The minimum atomic E-state index is -0.288. The molecule has 4 heteroatoms. The highest BCUT2D eigenvalue weighted by Crippen LogP contribution is 2.19. The Kier molecular flexibility index (Phi) is 5.42. The van der Waals surface area contributed by atoms with Crippen molar-refractivity contribution in [2.75, 3.05) is 0 Å². The summed E-state index contributed by atoms with van der Waals surface area (Å²) in [7, 11) is 0. The average Bonchev–Trinajstić information content (AvgIpc) is 2.68. The standard InChI is InChI=1S/C22H21FN2O/c1-3-16-4-13-21(24-14-16)18-5-7-19(8-6-18)22(26)25-15(2)17-9-11-20(23)12-10-17/h4-15H,3H2,1-2H3,(H,25,26). The lowest BCUT2D eigenvalue weighted by Gasteiger charge is -2.14. The molecule has 3 nitrogen and oxygen atoms in total. The smallest absolute Gasteiger partial charge is 0.251 e. The van der Waals surface area contributed by atoms with Gasteiger partial charge < -0.3 is 5.32 Å². The van der Waals surface area contributed by atoms with E-state index in [4.69, 9.17) is 0 Å². The number of pyridine rings is 1. The maximum Gasteiger partial charge on any atom is 0.251 e. The van der Waals surface area contributed by atoms with Gasteiger partial charge in [0.25, 0.3) is 5.91 Å². The van der Waals surface area contributed by atoms with Crippen molar-refractivity contribution >= 4 is 5.91 Å². The van der Waals surface area contributed by atoms with E-state index < -0.39 is 0 Å². The fourth-order valence-electron chi connectivity index (χ4n) is 2.71. The Bertz CT molecular complexity index is 872. The van der Waals surface area contributed by atoms with Gasteiger partial charge in [-0.15, -0.1) is 0 Å². The highest BCUT2D eigenvalue weighted by atomic mass is 19.1. The van der Waals surface area contributed by atoms with Crippen LogP contribution in [0.1, 0.15) is 41.4 Å². The van der Waals surface area contributed by atoms with Crippen LogP contribution in [0.3, 0.4) is 0 Å². The Balaban J connectivity index is 1.69. The Morgan fingerprint density at radius 1 is 1.04 bits per heavy atom. The first kappa shape index (κ1) is 17.8. The molecule has 1 N–H and O–H groups in total. The van der Waals surface area contributed by atoms with Gasteiger partial charge in [0.2, 0.25) is 0 Å². The molecule has 0 aliphatic rings. The van der Waals surface area contributed by atoms with Crippen LogP contribution in [0.5, 0.6) is 0 Å². The Labute approximate surface area is 152 Å².